The highest BCUT2D eigenvalue weighted by molar-refractivity contribution is 6.04. The first-order chi connectivity index (χ1) is 14.6. The summed E-state index contributed by atoms with van der Waals surface area (Å²) in [5, 5.41) is 9.64. The minimum absolute atomic E-state index is 0.00344. The molecule has 0 aliphatic rings. The molecule has 2 aromatic carbocycles. The molecule has 0 aliphatic heterocycles. The molecule has 0 saturated heterocycles. The molecular weight excluding hydrogens is 416 g/mol. The summed E-state index contributed by atoms with van der Waals surface area (Å²) in [5.74, 6) is -7.95. The molecule has 0 unspecified atom stereocenters. The van der Waals surface area contributed by atoms with Crippen molar-refractivity contribution in [3.8, 4) is 5.75 Å². The molecule has 9 heteroatoms. The van der Waals surface area contributed by atoms with Crippen LogP contribution in [-0.2, 0) is 4.79 Å². The van der Waals surface area contributed by atoms with E-state index in [0.29, 0.717) is 18.1 Å². The van der Waals surface area contributed by atoms with Crippen LogP contribution in [0.4, 0.5) is 17.6 Å². The molecule has 0 spiro atoms. The largest absolute Gasteiger partial charge is 0.503 e. The van der Waals surface area contributed by atoms with E-state index >= 15 is 0 Å². The quantitative estimate of drug-likeness (QED) is 0.551. The van der Waals surface area contributed by atoms with Crippen LogP contribution in [0.3, 0.4) is 0 Å². The number of fused-ring (bicyclic) bond motifs is 1. The Labute approximate surface area is 175 Å². The molecule has 1 atom stereocenters. The lowest BCUT2D eigenvalue weighted by molar-refractivity contribution is -0.118. The normalized spacial score (nSPS) is 12.3. The SMILES string of the molecule is CC[C@@H](CCC(N)=O)c1c(C)n(C(=O)c2ccc(F)c(F)c2)c2cc(F)c(O)c(F)c12. The Morgan fingerprint density at radius 1 is 1.10 bits per heavy atom. The van der Waals surface area contributed by atoms with E-state index in [9.17, 15) is 32.3 Å². The van der Waals surface area contributed by atoms with Crippen LogP contribution in [0.1, 0.15) is 53.7 Å². The number of benzene rings is 2. The molecule has 1 heterocycles. The van der Waals surface area contributed by atoms with Crippen LogP contribution in [0.25, 0.3) is 10.9 Å². The number of phenols is 1. The maximum absolute atomic E-state index is 15.0. The summed E-state index contributed by atoms with van der Waals surface area (Å²) in [6, 6.07) is 3.34. The Kier molecular flexibility index (Phi) is 6.06. The van der Waals surface area contributed by atoms with Gasteiger partial charge in [0.25, 0.3) is 5.91 Å². The van der Waals surface area contributed by atoms with E-state index in [2.05, 4.69) is 0 Å². The van der Waals surface area contributed by atoms with Crippen molar-refractivity contribution in [3.05, 3.63) is 64.4 Å². The first-order valence-corrected chi connectivity index (χ1v) is 9.58. The zero-order valence-corrected chi connectivity index (χ0v) is 16.8. The van der Waals surface area contributed by atoms with Crippen LogP contribution in [-0.4, -0.2) is 21.5 Å². The van der Waals surface area contributed by atoms with Gasteiger partial charge in [0.15, 0.2) is 29.0 Å². The summed E-state index contributed by atoms with van der Waals surface area (Å²) in [7, 11) is 0. The van der Waals surface area contributed by atoms with Crippen molar-refractivity contribution < 1.29 is 32.3 Å². The standard InChI is InChI=1S/C22H20F4N2O3/c1-3-11(5-7-17(27)29)18-10(2)28(16-9-15(25)21(30)20(26)19(16)18)22(31)12-4-6-13(23)14(24)8-12/h4,6,8-9,11,30H,3,5,7H2,1-2H3,(H2,27,29)/t11-/m0/s1. The van der Waals surface area contributed by atoms with E-state index in [1.54, 1.807) is 6.92 Å². The van der Waals surface area contributed by atoms with Gasteiger partial charge in [-0.1, -0.05) is 6.92 Å². The number of aromatic nitrogens is 1. The van der Waals surface area contributed by atoms with Crippen LogP contribution < -0.4 is 5.73 Å². The molecule has 1 aromatic heterocycles. The second-order valence-electron chi connectivity index (χ2n) is 7.29. The predicted molar refractivity (Wildman–Crippen MR) is 106 cm³/mol. The van der Waals surface area contributed by atoms with Gasteiger partial charge in [-0.3, -0.25) is 14.2 Å². The summed E-state index contributed by atoms with van der Waals surface area (Å²) >= 11 is 0. The average molecular weight is 436 g/mol. The van der Waals surface area contributed by atoms with E-state index in [-0.39, 0.29) is 35.0 Å². The number of hydrogen-bond donors (Lipinski definition) is 2. The van der Waals surface area contributed by atoms with Crippen molar-refractivity contribution in [2.75, 3.05) is 0 Å². The smallest absolute Gasteiger partial charge is 0.262 e. The van der Waals surface area contributed by atoms with Crippen LogP contribution >= 0.6 is 0 Å². The van der Waals surface area contributed by atoms with Gasteiger partial charge in [-0.15, -0.1) is 0 Å². The van der Waals surface area contributed by atoms with Crippen LogP contribution in [0.15, 0.2) is 24.3 Å². The van der Waals surface area contributed by atoms with Gasteiger partial charge < -0.3 is 10.8 Å². The average Bonchev–Trinajstić information content (AvgIpc) is 3.00. The molecule has 3 rings (SSSR count). The Bertz CT molecular complexity index is 1200. The van der Waals surface area contributed by atoms with Crippen LogP contribution in [0, 0.1) is 30.2 Å². The van der Waals surface area contributed by atoms with Crippen molar-refractivity contribution in [1.29, 1.82) is 0 Å². The first-order valence-electron chi connectivity index (χ1n) is 9.58. The lowest BCUT2D eigenvalue weighted by atomic mass is 9.89. The van der Waals surface area contributed by atoms with Crippen LogP contribution in [0.5, 0.6) is 5.75 Å². The van der Waals surface area contributed by atoms with Gasteiger partial charge in [0.1, 0.15) is 0 Å². The molecular formula is C22H20F4N2O3. The maximum atomic E-state index is 15.0. The molecule has 164 valence electrons. The predicted octanol–water partition coefficient (Wildman–Crippen LogP) is 4.66. The summed E-state index contributed by atoms with van der Waals surface area (Å²) in [6.07, 6.45) is 0.670. The van der Waals surface area contributed by atoms with Crippen molar-refractivity contribution in [2.24, 2.45) is 5.73 Å². The number of amides is 1. The van der Waals surface area contributed by atoms with E-state index in [4.69, 9.17) is 5.73 Å². The fraction of sp³-hybridized carbons (Fsp3) is 0.273. The summed E-state index contributed by atoms with van der Waals surface area (Å²) in [4.78, 5) is 24.4. The van der Waals surface area contributed by atoms with E-state index in [1.165, 1.54) is 6.92 Å². The number of aromatic hydroxyl groups is 1. The minimum atomic E-state index is -1.28. The molecule has 0 aliphatic carbocycles. The maximum Gasteiger partial charge on any atom is 0.262 e. The number of rotatable bonds is 6. The van der Waals surface area contributed by atoms with E-state index in [1.807, 2.05) is 0 Å². The highest BCUT2D eigenvalue weighted by atomic mass is 19.2. The summed E-state index contributed by atoms with van der Waals surface area (Å²) in [5.41, 5.74) is 5.36. The van der Waals surface area contributed by atoms with E-state index < -0.39 is 46.8 Å². The molecule has 3 N–H and O–H groups in total. The zero-order chi connectivity index (χ0) is 23.0. The number of nitrogens with two attached hydrogens (primary N) is 1. The third kappa shape index (κ3) is 3.87. The fourth-order valence-electron chi connectivity index (χ4n) is 3.90. The number of carbonyl (C=O) groups is 2. The number of phenolic OH excluding ortho intramolecular Hbond substituents is 1. The molecule has 5 nitrogen and oxygen atoms in total. The van der Waals surface area contributed by atoms with Gasteiger partial charge in [-0.05, 0) is 49.4 Å². The fourth-order valence-corrected chi connectivity index (χ4v) is 3.90. The Morgan fingerprint density at radius 2 is 1.77 bits per heavy atom. The van der Waals surface area contributed by atoms with Crippen molar-refractivity contribution in [3.63, 3.8) is 0 Å². The van der Waals surface area contributed by atoms with Crippen molar-refractivity contribution in [2.45, 2.75) is 39.0 Å². The highest BCUT2D eigenvalue weighted by Crippen LogP contribution is 2.41. The minimum Gasteiger partial charge on any atom is -0.503 e. The molecule has 0 bridgehead atoms. The Balaban J connectivity index is 2.31. The third-order valence-corrected chi connectivity index (χ3v) is 5.42. The number of carbonyl (C=O) groups excluding carboxylic acids is 2. The molecule has 1 amide bonds. The molecule has 0 radical (unpaired) electrons. The van der Waals surface area contributed by atoms with Gasteiger partial charge in [0.05, 0.1) is 5.52 Å². The second kappa shape index (κ2) is 8.41. The number of primary amides is 1. The Hall–Kier alpha value is -3.36. The zero-order valence-electron chi connectivity index (χ0n) is 16.8. The number of hydrogen-bond acceptors (Lipinski definition) is 3. The van der Waals surface area contributed by atoms with Crippen molar-refractivity contribution in [1.82, 2.24) is 4.57 Å². The van der Waals surface area contributed by atoms with Gasteiger partial charge in [0, 0.05) is 29.1 Å². The molecule has 31 heavy (non-hydrogen) atoms. The summed E-state index contributed by atoms with van der Waals surface area (Å²) < 4.78 is 57.1. The first kappa shape index (κ1) is 22.3. The van der Waals surface area contributed by atoms with Gasteiger partial charge in [-0.25, -0.2) is 17.6 Å². The topological polar surface area (TPSA) is 85.3 Å². The Morgan fingerprint density at radius 3 is 2.35 bits per heavy atom. The lowest BCUT2D eigenvalue weighted by Crippen LogP contribution is -2.15. The van der Waals surface area contributed by atoms with E-state index in [0.717, 1.165) is 22.8 Å². The van der Waals surface area contributed by atoms with Crippen LogP contribution in [0.2, 0.25) is 0 Å². The van der Waals surface area contributed by atoms with Crippen molar-refractivity contribution >= 4 is 22.7 Å². The van der Waals surface area contributed by atoms with Gasteiger partial charge >= 0.3 is 0 Å². The molecule has 3 aromatic rings. The third-order valence-electron chi connectivity index (χ3n) is 5.42. The monoisotopic (exact) mass is 436 g/mol. The number of nitrogens with zero attached hydrogens (tertiary/aromatic N) is 1. The highest BCUT2D eigenvalue weighted by Gasteiger charge is 2.29. The molecule has 0 saturated carbocycles. The molecule has 0 fully saturated rings. The second-order valence-corrected chi connectivity index (χ2v) is 7.29. The lowest BCUT2D eigenvalue weighted by Gasteiger charge is -2.16. The number of halogens is 4. The van der Waals surface area contributed by atoms with Gasteiger partial charge in [0.2, 0.25) is 5.91 Å². The summed E-state index contributed by atoms with van der Waals surface area (Å²) in [6.45, 7) is 3.28. The van der Waals surface area contributed by atoms with Gasteiger partial charge in [-0.2, -0.15) is 0 Å².